The molecule has 0 aliphatic carbocycles. The SMILES string of the molecule is C=CCc1ccc(OC/C=C(\C)CCC=C(C)C)c(OC)c1. The molecule has 0 amide bonds. The van der Waals surface area contributed by atoms with Crippen molar-refractivity contribution >= 4 is 0 Å². The molecule has 0 aliphatic heterocycles. The molecule has 0 heterocycles. The standard InChI is InChI=1S/C20H28O2/c1-6-8-18-11-12-19(20(15-18)21-5)22-14-13-17(4)10-7-9-16(2)3/h6,9,11-13,15H,1,7-8,10,14H2,2-5H3/b17-13+. The average molecular weight is 300 g/mol. The fourth-order valence-corrected chi connectivity index (χ4v) is 2.09. The second kappa shape index (κ2) is 9.88. The Bertz CT molecular complexity index is 535. The number of rotatable bonds is 9. The Hall–Kier alpha value is -1.96. The van der Waals surface area contributed by atoms with Crippen LogP contribution in [0.5, 0.6) is 11.5 Å². The Morgan fingerprint density at radius 2 is 1.91 bits per heavy atom. The normalized spacial score (nSPS) is 11.0. The second-order valence-corrected chi connectivity index (χ2v) is 5.66. The van der Waals surface area contributed by atoms with Crippen LogP contribution in [-0.2, 0) is 6.42 Å². The van der Waals surface area contributed by atoms with E-state index in [4.69, 9.17) is 9.47 Å². The van der Waals surface area contributed by atoms with Gasteiger partial charge in [0.25, 0.3) is 0 Å². The monoisotopic (exact) mass is 300 g/mol. The first-order valence-corrected chi connectivity index (χ1v) is 7.76. The third kappa shape index (κ3) is 6.66. The molecule has 0 saturated heterocycles. The Labute approximate surface area is 135 Å². The van der Waals surface area contributed by atoms with E-state index in [2.05, 4.69) is 39.5 Å². The molecule has 0 spiro atoms. The van der Waals surface area contributed by atoms with Crippen LogP contribution in [0, 0.1) is 0 Å². The van der Waals surface area contributed by atoms with Crippen molar-refractivity contribution < 1.29 is 9.47 Å². The summed E-state index contributed by atoms with van der Waals surface area (Å²) in [4.78, 5) is 0. The van der Waals surface area contributed by atoms with Crippen molar-refractivity contribution in [3.05, 3.63) is 59.7 Å². The fraction of sp³-hybridized carbons (Fsp3) is 0.400. The van der Waals surface area contributed by atoms with E-state index >= 15 is 0 Å². The van der Waals surface area contributed by atoms with Crippen LogP contribution in [-0.4, -0.2) is 13.7 Å². The summed E-state index contributed by atoms with van der Waals surface area (Å²) in [5, 5.41) is 0. The molecule has 1 aromatic carbocycles. The molecule has 1 aromatic rings. The van der Waals surface area contributed by atoms with Crippen LogP contribution >= 0.6 is 0 Å². The minimum atomic E-state index is 0.567. The first-order valence-electron chi connectivity index (χ1n) is 7.76. The highest BCUT2D eigenvalue weighted by atomic mass is 16.5. The van der Waals surface area contributed by atoms with Crippen LogP contribution in [0.1, 0.15) is 39.2 Å². The van der Waals surface area contributed by atoms with Gasteiger partial charge in [-0.15, -0.1) is 6.58 Å². The van der Waals surface area contributed by atoms with Gasteiger partial charge in [0.05, 0.1) is 7.11 Å². The molecule has 0 aliphatic rings. The Kier molecular flexibility index (Phi) is 8.13. The minimum absolute atomic E-state index is 0.567. The van der Waals surface area contributed by atoms with Gasteiger partial charge in [-0.05, 0) is 63.8 Å². The number of ether oxygens (including phenoxy) is 2. The van der Waals surface area contributed by atoms with Crippen LogP contribution < -0.4 is 9.47 Å². The van der Waals surface area contributed by atoms with Gasteiger partial charge in [0.15, 0.2) is 11.5 Å². The molecule has 0 fully saturated rings. The molecule has 0 unspecified atom stereocenters. The van der Waals surface area contributed by atoms with Crippen LogP contribution in [0.25, 0.3) is 0 Å². The molecule has 120 valence electrons. The molecule has 2 nitrogen and oxygen atoms in total. The lowest BCUT2D eigenvalue weighted by atomic mass is 10.1. The van der Waals surface area contributed by atoms with Crippen molar-refractivity contribution in [1.29, 1.82) is 0 Å². The highest BCUT2D eigenvalue weighted by Crippen LogP contribution is 2.28. The van der Waals surface area contributed by atoms with Gasteiger partial charge in [0.2, 0.25) is 0 Å². The molecule has 22 heavy (non-hydrogen) atoms. The van der Waals surface area contributed by atoms with Crippen LogP contribution in [0.3, 0.4) is 0 Å². The van der Waals surface area contributed by atoms with Crippen molar-refractivity contribution in [2.24, 2.45) is 0 Å². The van der Waals surface area contributed by atoms with E-state index in [1.807, 2.05) is 24.3 Å². The predicted octanol–water partition coefficient (Wildman–Crippen LogP) is 5.50. The molecule has 2 heteroatoms. The molecule has 0 aromatic heterocycles. The molecular weight excluding hydrogens is 272 g/mol. The maximum Gasteiger partial charge on any atom is 0.161 e. The number of allylic oxidation sites excluding steroid dienone is 4. The lowest BCUT2D eigenvalue weighted by Crippen LogP contribution is -1.98. The summed E-state index contributed by atoms with van der Waals surface area (Å²) in [6.45, 7) is 10.7. The maximum absolute atomic E-state index is 5.82. The third-order valence-corrected chi connectivity index (χ3v) is 3.37. The quantitative estimate of drug-likeness (QED) is 0.561. The van der Waals surface area contributed by atoms with Crippen molar-refractivity contribution in [3.8, 4) is 11.5 Å². The number of hydrogen-bond donors (Lipinski definition) is 0. The molecule has 0 bridgehead atoms. The van der Waals surface area contributed by atoms with E-state index in [0.717, 1.165) is 30.8 Å². The van der Waals surface area contributed by atoms with Gasteiger partial charge in [-0.1, -0.05) is 29.4 Å². The van der Waals surface area contributed by atoms with Crippen molar-refractivity contribution in [2.75, 3.05) is 13.7 Å². The molecule has 0 N–H and O–H groups in total. The van der Waals surface area contributed by atoms with Crippen molar-refractivity contribution in [1.82, 2.24) is 0 Å². The highest BCUT2D eigenvalue weighted by Gasteiger charge is 2.04. The summed E-state index contributed by atoms with van der Waals surface area (Å²) in [6, 6.07) is 6.01. The van der Waals surface area contributed by atoms with Gasteiger partial charge in [-0.2, -0.15) is 0 Å². The zero-order chi connectivity index (χ0) is 16.4. The predicted molar refractivity (Wildman–Crippen MR) is 94.8 cm³/mol. The summed E-state index contributed by atoms with van der Waals surface area (Å²) in [5.74, 6) is 1.55. The average Bonchev–Trinajstić information content (AvgIpc) is 2.48. The fourth-order valence-electron chi connectivity index (χ4n) is 2.09. The maximum atomic E-state index is 5.82. The van der Waals surface area contributed by atoms with Gasteiger partial charge in [-0.3, -0.25) is 0 Å². The zero-order valence-electron chi connectivity index (χ0n) is 14.3. The van der Waals surface area contributed by atoms with E-state index < -0.39 is 0 Å². The molecule has 0 atom stereocenters. The number of hydrogen-bond acceptors (Lipinski definition) is 2. The van der Waals surface area contributed by atoms with E-state index in [1.165, 1.54) is 16.7 Å². The summed E-state index contributed by atoms with van der Waals surface area (Å²) in [6.07, 6.45) is 9.28. The van der Waals surface area contributed by atoms with Crippen molar-refractivity contribution in [3.63, 3.8) is 0 Å². The smallest absolute Gasteiger partial charge is 0.161 e. The van der Waals surface area contributed by atoms with E-state index in [0.29, 0.717) is 6.61 Å². The second-order valence-electron chi connectivity index (χ2n) is 5.66. The number of methoxy groups -OCH3 is 1. The zero-order valence-corrected chi connectivity index (χ0v) is 14.3. The van der Waals surface area contributed by atoms with E-state index in [-0.39, 0.29) is 0 Å². The van der Waals surface area contributed by atoms with Gasteiger partial charge >= 0.3 is 0 Å². The van der Waals surface area contributed by atoms with E-state index in [9.17, 15) is 0 Å². The van der Waals surface area contributed by atoms with Gasteiger partial charge in [0, 0.05) is 0 Å². The topological polar surface area (TPSA) is 18.5 Å². The molecule has 0 saturated carbocycles. The summed E-state index contributed by atoms with van der Waals surface area (Å²) < 4.78 is 11.2. The largest absolute Gasteiger partial charge is 0.493 e. The summed E-state index contributed by atoms with van der Waals surface area (Å²) in [7, 11) is 1.67. The third-order valence-electron chi connectivity index (χ3n) is 3.37. The van der Waals surface area contributed by atoms with E-state index in [1.54, 1.807) is 7.11 Å². The lowest BCUT2D eigenvalue weighted by Gasteiger charge is -2.11. The first kappa shape index (κ1) is 18.1. The Morgan fingerprint density at radius 1 is 1.14 bits per heavy atom. The minimum Gasteiger partial charge on any atom is -0.493 e. The molecule has 1 rings (SSSR count). The van der Waals surface area contributed by atoms with Crippen molar-refractivity contribution in [2.45, 2.75) is 40.0 Å². The molecule has 0 radical (unpaired) electrons. The van der Waals surface area contributed by atoms with Crippen LogP contribution in [0.15, 0.2) is 54.2 Å². The summed E-state index contributed by atoms with van der Waals surface area (Å²) in [5.41, 5.74) is 3.89. The number of benzene rings is 1. The highest BCUT2D eigenvalue weighted by molar-refractivity contribution is 5.43. The van der Waals surface area contributed by atoms with Gasteiger partial charge in [0.1, 0.15) is 6.61 Å². The Morgan fingerprint density at radius 3 is 2.55 bits per heavy atom. The first-order chi connectivity index (χ1) is 10.6. The summed E-state index contributed by atoms with van der Waals surface area (Å²) >= 11 is 0. The molecular formula is C20H28O2. The lowest BCUT2D eigenvalue weighted by molar-refractivity contribution is 0.325. The van der Waals surface area contributed by atoms with Gasteiger partial charge in [-0.25, -0.2) is 0 Å². The van der Waals surface area contributed by atoms with Gasteiger partial charge < -0.3 is 9.47 Å². The van der Waals surface area contributed by atoms with Crippen LogP contribution in [0.2, 0.25) is 0 Å². The Balaban J connectivity index is 2.56. The van der Waals surface area contributed by atoms with Crippen LogP contribution in [0.4, 0.5) is 0 Å².